The van der Waals surface area contributed by atoms with Gasteiger partial charge in [0, 0.05) is 23.5 Å². The van der Waals surface area contributed by atoms with Gasteiger partial charge in [0.2, 0.25) is 0 Å². The van der Waals surface area contributed by atoms with Gasteiger partial charge in [-0.25, -0.2) is 0 Å². The molecule has 0 saturated heterocycles. The van der Waals surface area contributed by atoms with Gasteiger partial charge in [0.15, 0.2) is 0 Å². The largest absolute Gasteiger partial charge is 0.361 e. The summed E-state index contributed by atoms with van der Waals surface area (Å²) in [7, 11) is 0. The summed E-state index contributed by atoms with van der Waals surface area (Å²) in [5.74, 6) is 1.47. The van der Waals surface area contributed by atoms with Gasteiger partial charge in [0.1, 0.15) is 11.8 Å². The van der Waals surface area contributed by atoms with Gasteiger partial charge in [-0.15, -0.1) is 0 Å². The fourth-order valence-electron chi connectivity index (χ4n) is 4.68. The molecule has 0 amide bonds. The first-order chi connectivity index (χ1) is 15.0. The Morgan fingerprint density at radius 2 is 1.87 bits per heavy atom. The molecule has 1 fully saturated rings. The van der Waals surface area contributed by atoms with Crippen molar-refractivity contribution in [3.05, 3.63) is 64.0 Å². The number of nitriles is 1. The van der Waals surface area contributed by atoms with Crippen LogP contribution in [-0.4, -0.2) is 11.7 Å². The summed E-state index contributed by atoms with van der Waals surface area (Å²) in [4.78, 5) is 2.38. The topological polar surface area (TPSA) is 53.1 Å². The third-order valence-electron chi connectivity index (χ3n) is 6.37. The zero-order valence-electron chi connectivity index (χ0n) is 18.4. The maximum absolute atomic E-state index is 9.30. The second-order valence-corrected chi connectivity index (χ2v) is 9.00. The molecule has 0 unspecified atom stereocenters. The normalized spacial score (nSPS) is 14.4. The van der Waals surface area contributed by atoms with E-state index in [0.29, 0.717) is 16.5 Å². The minimum Gasteiger partial charge on any atom is -0.361 e. The molecule has 1 saturated carbocycles. The van der Waals surface area contributed by atoms with Crippen LogP contribution in [0.15, 0.2) is 40.9 Å². The Kier molecular flexibility index (Phi) is 6.34. The molecule has 31 heavy (non-hydrogen) atoms. The van der Waals surface area contributed by atoms with Crippen LogP contribution in [0.3, 0.4) is 0 Å². The summed E-state index contributed by atoms with van der Waals surface area (Å²) in [5, 5.41) is 13.9. The van der Waals surface area contributed by atoms with Crippen LogP contribution in [0.2, 0.25) is 5.02 Å². The predicted octanol–water partition coefficient (Wildman–Crippen LogP) is 7.51. The van der Waals surface area contributed by atoms with Crippen LogP contribution in [0.5, 0.6) is 0 Å². The van der Waals surface area contributed by atoms with Crippen LogP contribution in [0.1, 0.15) is 54.7 Å². The van der Waals surface area contributed by atoms with Gasteiger partial charge in [0.05, 0.1) is 16.3 Å². The Balaban J connectivity index is 1.80. The SMILES string of the molecule is Cc1ccc(-c2c(C)noc2C)cc1N(CC1CCCCC1)c1ccc(C#N)c(Cl)c1. The number of anilines is 2. The fraction of sp³-hybridized carbons (Fsp3) is 0.385. The van der Waals surface area contributed by atoms with Crippen LogP contribution in [-0.2, 0) is 0 Å². The van der Waals surface area contributed by atoms with Crippen molar-refractivity contribution in [3.63, 3.8) is 0 Å². The second kappa shape index (κ2) is 9.16. The smallest absolute Gasteiger partial charge is 0.141 e. The van der Waals surface area contributed by atoms with Crippen LogP contribution in [0, 0.1) is 38.0 Å². The van der Waals surface area contributed by atoms with Crippen molar-refractivity contribution >= 4 is 23.0 Å². The molecule has 0 aliphatic heterocycles. The lowest BCUT2D eigenvalue weighted by Gasteiger charge is -2.33. The summed E-state index contributed by atoms with van der Waals surface area (Å²) < 4.78 is 5.42. The molecular weight excluding hydrogens is 406 g/mol. The third kappa shape index (κ3) is 4.48. The standard InChI is InChI=1S/C26H28ClN3O/c1-17-9-10-21(26-18(2)29-31-19(26)3)13-25(17)30(16-20-7-5-4-6-8-20)23-12-11-22(15-28)24(27)14-23/h9-14,20H,4-8,16H2,1-3H3. The molecule has 160 valence electrons. The van der Waals surface area contributed by atoms with Crippen molar-refractivity contribution in [2.75, 3.05) is 11.4 Å². The summed E-state index contributed by atoms with van der Waals surface area (Å²) in [5.41, 5.74) is 6.93. The van der Waals surface area contributed by atoms with E-state index in [1.54, 1.807) is 0 Å². The number of nitrogens with zero attached hydrogens (tertiary/aromatic N) is 3. The van der Waals surface area contributed by atoms with Crippen molar-refractivity contribution < 1.29 is 4.52 Å². The Morgan fingerprint density at radius 3 is 2.52 bits per heavy atom. The zero-order valence-corrected chi connectivity index (χ0v) is 19.2. The lowest BCUT2D eigenvalue weighted by Crippen LogP contribution is -2.27. The highest BCUT2D eigenvalue weighted by Crippen LogP contribution is 2.38. The molecule has 1 aliphatic rings. The first-order valence-electron chi connectivity index (χ1n) is 11.0. The number of hydrogen-bond acceptors (Lipinski definition) is 4. The van der Waals surface area contributed by atoms with E-state index in [2.05, 4.69) is 41.2 Å². The van der Waals surface area contributed by atoms with Gasteiger partial charge in [-0.05, 0) is 74.9 Å². The monoisotopic (exact) mass is 433 g/mol. The first kappa shape index (κ1) is 21.5. The molecular formula is C26H28ClN3O. The molecule has 3 aromatic rings. The van der Waals surface area contributed by atoms with E-state index in [-0.39, 0.29) is 0 Å². The van der Waals surface area contributed by atoms with Gasteiger partial charge in [-0.2, -0.15) is 5.26 Å². The Hall–Kier alpha value is -2.77. The van der Waals surface area contributed by atoms with Crippen molar-refractivity contribution in [1.29, 1.82) is 5.26 Å². The van der Waals surface area contributed by atoms with Gasteiger partial charge in [-0.1, -0.05) is 48.2 Å². The molecule has 0 N–H and O–H groups in total. The first-order valence-corrected chi connectivity index (χ1v) is 11.4. The number of aromatic nitrogens is 1. The van der Waals surface area contributed by atoms with E-state index < -0.39 is 0 Å². The van der Waals surface area contributed by atoms with Crippen molar-refractivity contribution in [2.24, 2.45) is 5.92 Å². The van der Waals surface area contributed by atoms with Crippen molar-refractivity contribution in [2.45, 2.75) is 52.9 Å². The zero-order chi connectivity index (χ0) is 22.0. The molecule has 0 radical (unpaired) electrons. The number of aryl methyl sites for hydroxylation is 3. The van der Waals surface area contributed by atoms with Gasteiger partial charge in [-0.3, -0.25) is 0 Å². The van der Waals surface area contributed by atoms with Crippen molar-refractivity contribution in [1.82, 2.24) is 5.16 Å². The number of benzene rings is 2. The molecule has 1 heterocycles. The third-order valence-corrected chi connectivity index (χ3v) is 6.68. The van der Waals surface area contributed by atoms with Gasteiger partial charge < -0.3 is 9.42 Å². The summed E-state index contributed by atoms with van der Waals surface area (Å²) >= 11 is 6.43. The molecule has 0 bridgehead atoms. The molecule has 0 spiro atoms. The molecule has 1 aromatic heterocycles. The number of hydrogen-bond donors (Lipinski definition) is 0. The van der Waals surface area contributed by atoms with Crippen LogP contribution >= 0.6 is 11.6 Å². The average Bonchev–Trinajstić information content (AvgIpc) is 3.11. The average molecular weight is 434 g/mol. The van der Waals surface area contributed by atoms with Crippen LogP contribution in [0.25, 0.3) is 11.1 Å². The van der Waals surface area contributed by atoms with Gasteiger partial charge in [0.25, 0.3) is 0 Å². The van der Waals surface area contributed by atoms with E-state index in [9.17, 15) is 5.26 Å². The van der Waals surface area contributed by atoms with Gasteiger partial charge >= 0.3 is 0 Å². The number of halogens is 1. The lowest BCUT2D eigenvalue weighted by molar-refractivity contribution is 0.365. The summed E-state index contributed by atoms with van der Waals surface area (Å²) in [6, 6.07) is 14.4. The minimum absolute atomic E-state index is 0.494. The molecule has 5 heteroatoms. The van der Waals surface area contributed by atoms with Crippen LogP contribution in [0.4, 0.5) is 11.4 Å². The Bertz CT molecular complexity index is 1100. The van der Waals surface area contributed by atoms with E-state index in [4.69, 9.17) is 16.1 Å². The second-order valence-electron chi connectivity index (χ2n) is 8.59. The summed E-state index contributed by atoms with van der Waals surface area (Å²) in [6.07, 6.45) is 6.43. The van der Waals surface area contributed by atoms with E-state index in [0.717, 1.165) is 40.5 Å². The van der Waals surface area contributed by atoms with Crippen LogP contribution < -0.4 is 4.90 Å². The maximum atomic E-state index is 9.30. The predicted molar refractivity (Wildman–Crippen MR) is 126 cm³/mol. The van der Waals surface area contributed by atoms with E-state index in [1.807, 2.05) is 32.0 Å². The highest BCUT2D eigenvalue weighted by molar-refractivity contribution is 6.32. The number of rotatable bonds is 5. The quantitative estimate of drug-likeness (QED) is 0.417. The molecule has 4 rings (SSSR count). The fourth-order valence-corrected chi connectivity index (χ4v) is 4.90. The molecule has 1 aliphatic carbocycles. The molecule has 0 atom stereocenters. The molecule has 2 aromatic carbocycles. The lowest BCUT2D eigenvalue weighted by atomic mass is 9.88. The van der Waals surface area contributed by atoms with E-state index >= 15 is 0 Å². The Labute approximate surface area is 189 Å². The highest BCUT2D eigenvalue weighted by Gasteiger charge is 2.22. The van der Waals surface area contributed by atoms with E-state index in [1.165, 1.54) is 37.7 Å². The summed E-state index contributed by atoms with van der Waals surface area (Å²) in [6.45, 7) is 7.01. The highest BCUT2D eigenvalue weighted by atomic mass is 35.5. The minimum atomic E-state index is 0.494. The van der Waals surface area contributed by atoms with Crippen molar-refractivity contribution in [3.8, 4) is 17.2 Å². The maximum Gasteiger partial charge on any atom is 0.141 e. The Morgan fingerprint density at radius 1 is 1.10 bits per heavy atom. The molecule has 4 nitrogen and oxygen atoms in total.